The van der Waals surface area contributed by atoms with Crippen molar-refractivity contribution in [1.82, 2.24) is 0 Å². The van der Waals surface area contributed by atoms with Gasteiger partial charge in [0.05, 0.1) is 7.11 Å². The van der Waals surface area contributed by atoms with Gasteiger partial charge in [-0.2, -0.15) is 11.8 Å². The Morgan fingerprint density at radius 3 is 2.54 bits per heavy atom. The van der Waals surface area contributed by atoms with Crippen LogP contribution in [-0.4, -0.2) is 30.1 Å². The van der Waals surface area contributed by atoms with Crippen LogP contribution in [0.1, 0.15) is 20.3 Å². The Morgan fingerprint density at radius 1 is 1.46 bits per heavy atom. The van der Waals surface area contributed by atoms with E-state index in [-0.39, 0.29) is 11.4 Å². The molecule has 0 aromatic heterocycles. The highest BCUT2D eigenvalue weighted by Crippen LogP contribution is 2.38. The van der Waals surface area contributed by atoms with Crippen molar-refractivity contribution in [3.05, 3.63) is 0 Å². The lowest BCUT2D eigenvalue weighted by molar-refractivity contribution is -0.147. The third-order valence-electron chi connectivity index (χ3n) is 2.24. The summed E-state index contributed by atoms with van der Waals surface area (Å²) in [5.74, 6) is 1.44. The van der Waals surface area contributed by atoms with Crippen LogP contribution in [0.4, 0.5) is 0 Å². The smallest absolute Gasteiger partial charge is 0.326 e. The maximum absolute atomic E-state index is 11.4. The minimum absolute atomic E-state index is 0.131. The predicted octanol–water partition coefficient (Wildman–Crippen LogP) is 1.02. The molecule has 0 radical (unpaired) electrons. The van der Waals surface area contributed by atoms with Crippen LogP contribution in [0.15, 0.2) is 0 Å². The molecule has 1 unspecified atom stereocenters. The Balaban J connectivity index is 2.74. The van der Waals surface area contributed by atoms with E-state index in [2.05, 4.69) is 13.8 Å². The Kier molecular flexibility index (Phi) is 2.92. The van der Waals surface area contributed by atoms with E-state index in [4.69, 9.17) is 10.5 Å². The van der Waals surface area contributed by atoms with Crippen molar-refractivity contribution >= 4 is 17.7 Å². The van der Waals surface area contributed by atoms with Gasteiger partial charge in [0.2, 0.25) is 0 Å². The number of carbonyl (C=O) groups excluding carboxylic acids is 1. The van der Waals surface area contributed by atoms with Gasteiger partial charge >= 0.3 is 5.97 Å². The zero-order valence-corrected chi connectivity index (χ0v) is 9.24. The van der Waals surface area contributed by atoms with E-state index in [1.54, 1.807) is 11.8 Å². The highest BCUT2D eigenvalue weighted by Gasteiger charge is 2.43. The number of methoxy groups -OCH3 is 1. The van der Waals surface area contributed by atoms with Crippen LogP contribution in [0.3, 0.4) is 0 Å². The summed E-state index contributed by atoms with van der Waals surface area (Å²) in [5, 5.41) is 0. The number of hydrogen-bond donors (Lipinski definition) is 1. The van der Waals surface area contributed by atoms with Crippen LogP contribution >= 0.6 is 11.8 Å². The van der Waals surface area contributed by atoms with Crippen LogP contribution in [0, 0.1) is 5.41 Å². The van der Waals surface area contributed by atoms with Crippen molar-refractivity contribution in [3.63, 3.8) is 0 Å². The molecule has 1 heterocycles. The molecule has 0 bridgehead atoms. The van der Waals surface area contributed by atoms with E-state index >= 15 is 0 Å². The van der Waals surface area contributed by atoms with Crippen molar-refractivity contribution in [2.75, 3.05) is 18.6 Å². The molecule has 76 valence electrons. The molecule has 1 saturated heterocycles. The molecule has 2 N–H and O–H groups in total. The molecule has 1 aliphatic heterocycles. The molecule has 0 aliphatic carbocycles. The number of thioether (sulfide) groups is 1. The average Bonchev–Trinajstić information content (AvgIpc) is 2.00. The first-order chi connectivity index (χ1) is 5.90. The molecule has 0 spiro atoms. The second-order valence-electron chi connectivity index (χ2n) is 4.48. The fourth-order valence-electron chi connectivity index (χ4n) is 1.80. The first-order valence-corrected chi connectivity index (χ1v) is 5.50. The summed E-state index contributed by atoms with van der Waals surface area (Å²) in [6.07, 6.45) is 0.708. The summed E-state index contributed by atoms with van der Waals surface area (Å²) in [4.78, 5) is 11.4. The number of carbonyl (C=O) groups is 1. The Hall–Kier alpha value is -0.220. The zero-order valence-electron chi connectivity index (χ0n) is 8.42. The third-order valence-corrected chi connectivity index (χ3v) is 3.94. The molecule has 1 rings (SSSR count). The number of hydrogen-bond acceptors (Lipinski definition) is 4. The van der Waals surface area contributed by atoms with Crippen molar-refractivity contribution < 1.29 is 9.53 Å². The topological polar surface area (TPSA) is 52.3 Å². The molecule has 0 aromatic carbocycles. The van der Waals surface area contributed by atoms with Crippen molar-refractivity contribution in [1.29, 1.82) is 0 Å². The Morgan fingerprint density at radius 2 is 2.08 bits per heavy atom. The van der Waals surface area contributed by atoms with Gasteiger partial charge in [0, 0.05) is 5.75 Å². The lowest BCUT2D eigenvalue weighted by Gasteiger charge is -2.39. The quantitative estimate of drug-likeness (QED) is 0.646. The molecule has 0 aromatic rings. The normalized spacial score (nSPS) is 32.6. The van der Waals surface area contributed by atoms with E-state index in [9.17, 15) is 4.79 Å². The molecule has 0 saturated carbocycles. The van der Waals surface area contributed by atoms with Crippen molar-refractivity contribution in [2.24, 2.45) is 11.1 Å². The zero-order chi connectivity index (χ0) is 10.1. The van der Waals surface area contributed by atoms with Gasteiger partial charge < -0.3 is 10.5 Å². The number of nitrogens with two attached hydrogens (primary N) is 1. The number of ether oxygens (including phenoxy) is 1. The van der Waals surface area contributed by atoms with Gasteiger partial charge in [-0.15, -0.1) is 0 Å². The van der Waals surface area contributed by atoms with Gasteiger partial charge in [0.1, 0.15) is 5.54 Å². The lowest BCUT2D eigenvalue weighted by atomic mass is 9.80. The first kappa shape index (κ1) is 10.9. The fourth-order valence-corrected chi connectivity index (χ4v) is 3.14. The van der Waals surface area contributed by atoms with E-state index in [0.29, 0.717) is 12.2 Å². The molecular weight excluding hydrogens is 186 g/mol. The highest BCUT2D eigenvalue weighted by atomic mass is 32.2. The van der Waals surface area contributed by atoms with Gasteiger partial charge in [-0.25, -0.2) is 0 Å². The van der Waals surface area contributed by atoms with Crippen molar-refractivity contribution in [3.8, 4) is 0 Å². The SMILES string of the molecule is COC(=O)C1(N)CSCC(C)(C)C1. The van der Waals surface area contributed by atoms with Gasteiger partial charge in [-0.05, 0) is 17.6 Å². The molecule has 13 heavy (non-hydrogen) atoms. The maximum atomic E-state index is 11.4. The fraction of sp³-hybridized carbons (Fsp3) is 0.889. The largest absolute Gasteiger partial charge is 0.468 e. The molecule has 0 amide bonds. The summed E-state index contributed by atoms with van der Waals surface area (Å²) in [7, 11) is 1.39. The minimum atomic E-state index is -0.777. The van der Waals surface area contributed by atoms with Gasteiger partial charge in [0.25, 0.3) is 0 Å². The second kappa shape index (κ2) is 3.50. The van der Waals surface area contributed by atoms with E-state index in [0.717, 1.165) is 5.75 Å². The van der Waals surface area contributed by atoms with Gasteiger partial charge in [-0.3, -0.25) is 4.79 Å². The van der Waals surface area contributed by atoms with Crippen LogP contribution < -0.4 is 5.73 Å². The van der Waals surface area contributed by atoms with Crippen molar-refractivity contribution in [2.45, 2.75) is 25.8 Å². The molecule has 1 aliphatic rings. The number of rotatable bonds is 1. The van der Waals surface area contributed by atoms with E-state index in [1.807, 2.05) is 0 Å². The van der Waals surface area contributed by atoms with Gasteiger partial charge in [-0.1, -0.05) is 13.8 Å². The molecule has 1 fully saturated rings. The predicted molar refractivity (Wildman–Crippen MR) is 54.7 cm³/mol. The first-order valence-electron chi connectivity index (χ1n) is 4.35. The van der Waals surface area contributed by atoms with Crippen LogP contribution in [-0.2, 0) is 9.53 Å². The second-order valence-corrected chi connectivity index (χ2v) is 5.47. The third kappa shape index (κ3) is 2.38. The molecular formula is C9H17NO2S. The lowest BCUT2D eigenvalue weighted by Crippen LogP contribution is -2.56. The molecule has 4 heteroatoms. The summed E-state index contributed by atoms with van der Waals surface area (Å²) in [6, 6.07) is 0. The molecule has 1 atom stereocenters. The van der Waals surface area contributed by atoms with E-state index < -0.39 is 5.54 Å². The monoisotopic (exact) mass is 203 g/mol. The Bertz CT molecular complexity index is 218. The summed E-state index contributed by atoms with van der Waals surface area (Å²) >= 11 is 1.73. The maximum Gasteiger partial charge on any atom is 0.326 e. The van der Waals surface area contributed by atoms with Crippen LogP contribution in [0.25, 0.3) is 0 Å². The summed E-state index contributed by atoms with van der Waals surface area (Å²) < 4.78 is 4.71. The highest BCUT2D eigenvalue weighted by molar-refractivity contribution is 7.99. The molecule has 3 nitrogen and oxygen atoms in total. The van der Waals surface area contributed by atoms with Gasteiger partial charge in [0.15, 0.2) is 0 Å². The number of esters is 1. The summed E-state index contributed by atoms with van der Waals surface area (Å²) in [6.45, 7) is 4.26. The minimum Gasteiger partial charge on any atom is -0.468 e. The van der Waals surface area contributed by atoms with Crippen LogP contribution in [0.2, 0.25) is 0 Å². The standard InChI is InChI=1S/C9H17NO2S/c1-8(2)4-9(10,6-13-5-8)7(11)12-3/h4-6,10H2,1-3H3. The summed E-state index contributed by atoms with van der Waals surface area (Å²) in [5.41, 5.74) is 5.35. The Labute approximate surface area is 83.4 Å². The average molecular weight is 203 g/mol. The van der Waals surface area contributed by atoms with Crippen LogP contribution in [0.5, 0.6) is 0 Å². The van der Waals surface area contributed by atoms with E-state index in [1.165, 1.54) is 7.11 Å².